The van der Waals surface area contributed by atoms with Crippen LogP contribution >= 0.6 is 0 Å². The average Bonchev–Trinajstić information content (AvgIpc) is 2.81. The van der Waals surface area contributed by atoms with Gasteiger partial charge in [0, 0.05) is 17.6 Å². The Labute approximate surface area is 198 Å². The van der Waals surface area contributed by atoms with Crippen molar-refractivity contribution in [1.82, 2.24) is 9.97 Å². The van der Waals surface area contributed by atoms with Crippen LogP contribution in [0.5, 0.6) is 5.75 Å². The molecule has 0 amide bonds. The molecule has 0 spiro atoms. The third kappa shape index (κ3) is 7.64. The van der Waals surface area contributed by atoms with Gasteiger partial charge in [-0.2, -0.15) is 18.2 Å². The highest BCUT2D eigenvalue weighted by molar-refractivity contribution is 5.63. The van der Waals surface area contributed by atoms with E-state index in [1.807, 2.05) is 12.1 Å². The molecule has 182 valence electrons. The van der Waals surface area contributed by atoms with E-state index < -0.39 is 11.7 Å². The second kappa shape index (κ2) is 12.3. The van der Waals surface area contributed by atoms with E-state index in [1.165, 1.54) is 0 Å². The minimum absolute atomic E-state index is 0.0614. The third-order valence-corrected chi connectivity index (χ3v) is 5.26. The molecule has 0 saturated heterocycles. The first-order valence-corrected chi connectivity index (χ1v) is 11.7. The van der Waals surface area contributed by atoms with E-state index in [4.69, 9.17) is 4.74 Å². The molecule has 8 heteroatoms. The van der Waals surface area contributed by atoms with Crippen LogP contribution in [-0.4, -0.2) is 16.6 Å². The standard InChI is InChI=1S/C26H31F3N4O/c1-3-5-7-8-19-9-11-20(12-10-19)31-24-23(26(27,28)29)18-30-25(33-24)32-21-13-15-22(16-14-21)34-17-6-4-2/h9-16,18H,3-8,17H2,1-2H3,(H2,30,31,32,33). The molecule has 0 aliphatic rings. The molecule has 34 heavy (non-hydrogen) atoms. The SMILES string of the molecule is CCCCCc1ccc(Nc2nc(Nc3ccc(OCCCC)cc3)ncc2C(F)(F)F)cc1. The van der Waals surface area contributed by atoms with Gasteiger partial charge in [0.25, 0.3) is 0 Å². The van der Waals surface area contributed by atoms with E-state index >= 15 is 0 Å². The summed E-state index contributed by atoms with van der Waals surface area (Å²) < 4.78 is 46.3. The molecule has 3 rings (SSSR count). The summed E-state index contributed by atoms with van der Waals surface area (Å²) in [6.45, 7) is 4.88. The maximum atomic E-state index is 13.6. The fourth-order valence-corrected chi connectivity index (χ4v) is 3.31. The number of ether oxygens (including phenoxy) is 1. The average molecular weight is 473 g/mol. The predicted molar refractivity (Wildman–Crippen MR) is 130 cm³/mol. The zero-order valence-electron chi connectivity index (χ0n) is 19.6. The van der Waals surface area contributed by atoms with Gasteiger partial charge in [0.05, 0.1) is 6.61 Å². The molecule has 2 N–H and O–H groups in total. The van der Waals surface area contributed by atoms with Crippen LogP contribution in [0.25, 0.3) is 0 Å². The summed E-state index contributed by atoms with van der Waals surface area (Å²) in [4.78, 5) is 7.98. The molecule has 0 aliphatic carbocycles. The predicted octanol–water partition coefficient (Wildman–Crippen LogP) is 7.89. The van der Waals surface area contributed by atoms with E-state index in [9.17, 15) is 13.2 Å². The summed E-state index contributed by atoms with van der Waals surface area (Å²) >= 11 is 0. The Bertz CT molecular complexity index is 1020. The highest BCUT2D eigenvalue weighted by Crippen LogP contribution is 2.35. The first-order chi connectivity index (χ1) is 16.4. The fourth-order valence-electron chi connectivity index (χ4n) is 3.31. The zero-order valence-corrected chi connectivity index (χ0v) is 19.6. The normalized spacial score (nSPS) is 11.3. The molecule has 0 fully saturated rings. The van der Waals surface area contributed by atoms with E-state index in [1.54, 1.807) is 36.4 Å². The molecule has 3 aromatic rings. The molecule has 0 radical (unpaired) electrons. The highest BCUT2D eigenvalue weighted by atomic mass is 19.4. The summed E-state index contributed by atoms with van der Waals surface area (Å²) in [5.74, 6) is 0.488. The monoisotopic (exact) mass is 472 g/mol. The lowest BCUT2D eigenvalue weighted by atomic mass is 10.1. The molecular weight excluding hydrogens is 441 g/mol. The Morgan fingerprint density at radius 2 is 1.47 bits per heavy atom. The number of nitrogens with one attached hydrogen (secondary N) is 2. The Kier molecular flexibility index (Phi) is 9.13. The number of aryl methyl sites for hydroxylation is 1. The number of hydrogen-bond acceptors (Lipinski definition) is 5. The Morgan fingerprint density at radius 3 is 2.12 bits per heavy atom. The molecular formula is C26H31F3N4O. The van der Waals surface area contributed by atoms with Crippen LogP contribution in [0, 0.1) is 0 Å². The van der Waals surface area contributed by atoms with E-state index in [-0.39, 0.29) is 11.8 Å². The minimum Gasteiger partial charge on any atom is -0.494 e. The summed E-state index contributed by atoms with van der Waals surface area (Å²) in [6.07, 6.45) is 2.56. The Balaban J connectivity index is 1.73. The van der Waals surface area contributed by atoms with Crippen LogP contribution < -0.4 is 15.4 Å². The van der Waals surface area contributed by atoms with Gasteiger partial charge >= 0.3 is 6.18 Å². The quantitative estimate of drug-likeness (QED) is 0.262. The largest absolute Gasteiger partial charge is 0.494 e. The summed E-state index contributed by atoms with van der Waals surface area (Å²) in [5, 5.41) is 5.76. The van der Waals surface area contributed by atoms with Crippen molar-refractivity contribution in [3.05, 3.63) is 65.9 Å². The highest BCUT2D eigenvalue weighted by Gasteiger charge is 2.35. The lowest BCUT2D eigenvalue weighted by Crippen LogP contribution is -2.12. The molecule has 0 unspecified atom stereocenters. The molecule has 1 aromatic heterocycles. The van der Waals surface area contributed by atoms with Crippen LogP contribution in [0.1, 0.15) is 57.1 Å². The van der Waals surface area contributed by atoms with E-state index in [0.717, 1.165) is 56.0 Å². The molecule has 0 aliphatic heterocycles. The summed E-state index contributed by atoms with van der Waals surface area (Å²) in [7, 11) is 0. The molecule has 1 heterocycles. The van der Waals surface area contributed by atoms with Crippen molar-refractivity contribution in [2.75, 3.05) is 17.2 Å². The maximum Gasteiger partial charge on any atom is 0.421 e. The Hall–Kier alpha value is -3.29. The maximum absolute atomic E-state index is 13.6. The van der Waals surface area contributed by atoms with Crippen LogP contribution in [0.4, 0.5) is 36.3 Å². The Morgan fingerprint density at radius 1 is 0.824 bits per heavy atom. The number of anilines is 4. The van der Waals surface area contributed by atoms with Crippen LogP contribution in [0.3, 0.4) is 0 Å². The van der Waals surface area contributed by atoms with Crippen molar-refractivity contribution >= 4 is 23.1 Å². The first-order valence-electron chi connectivity index (χ1n) is 11.7. The van der Waals surface area contributed by atoms with Gasteiger partial charge in [-0.3, -0.25) is 0 Å². The van der Waals surface area contributed by atoms with Crippen LogP contribution in [-0.2, 0) is 12.6 Å². The number of nitrogens with zero attached hydrogens (tertiary/aromatic N) is 2. The molecule has 0 bridgehead atoms. The van der Waals surface area contributed by atoms with Crippen molar-refractivity contribution in [2.24, 2.45) is 0 Å². The molecule has 5 nitrogen and oxygen atoms in total. The second-order valence-corrected chi connectivity index (χ2v) is 8.08. The molecule has 0 atom stereocenters. The van der Waals surface area contributed by atoms with Gasteiger partial charge in [-0.25, -0.2) is 4.98 Å². The molecule has 2 aromatic carbocycles. The number of hydrogen-bond donors (Lipinski definition) is 2. The van der Waals surface area contributed by atoms with Gasteiger partial charge in [0.2, 0.25) is 5.95 Å². The number of benzene rings is 2. The lowest BCUT2D eigenvalue weighted by molar-refractivity contribution is -0.137. The van der Waals surface area contributed by atoms with Crippen LogP contribution in [0.2, 0.25) is 0 Å². The van der Waals surface area contributed by atoms with Gasteiger partial charge in [-0.05, 0) is 61.2 Å². The number of unbranched alkanes of at least 4 members (excludes halogenated alkanes) is 3. The molecule has 0 saturated carbocycles. The van der Waals surface area contributed by atoms with Gasteiger partial charge in [-0.15, -0.1) is 0 Å². The van der Waals surface area contributed by atoms with Crippen LogP contribution in [0.15, 0.2) is 54.7 Å². The number of aromatic nitrogens is 2. The first kappa shape index (κ1) is 25.3. The van der Waals surface area contributed by atoms with Gasteiger partial charge < -0.3 is 15.4 Å². The van der Waals surface area contributed by atoms with Gasteiger partial charge in [-0.1, -0.05) is 45.2 Å². The summed E-state index contributed by atoms with van der Waals surface area (Å²) in [6, 6.07) is 14.5. The minimum atomic E-state index is -4.58. The van der Waals surface area contributed by atoms with Crippen molar-refractivity contribution in [1.29, 1.82) is 0 Å². The third-order valence-electron chi connectivity index (χ3n) is 5.26. The van der Waals surface area contributed by atoms with E-state index in [2.05, 4.69) is 34.4 Å². The number of halogens is 3. The zero-order chi connectivity index (χ0) is 24.4. The van der Waals surface area contributed by atoms with Gasteiger partial charge in [0.1, 0.15) is 17.1 Å². The van der Waals surface area contributed by atoms with Crippen molar-refractivity contribution in [3.8, 4) is 5.75 Å². The fraction of sp³-hybridized carbons (Fsp3) is 0.385. The topological polar surface area (TPSA) is 59.1 Å². The lowest BCUT2D eigenvalue weighted by Gasteiger charge is -2.15. The van der Waals surface area contributed by atoms with Crippen molar-refractivity contribution in [3.63, 3.8) is 0 Å². The van der Waals surface area contributed by atoms with Crippen molar-refractivity contribution < 1.29 is 17.9 Å². The summed E-state index contributed by atoms with van der Waals surface area (Å²) in [5.41, 5.74) is 1.40. The van der Waals surface area contributed by atoms with E-state index in [0.29, 0.717) is 18.0 Å². The van der Waals surface area contributed by atoms with Gasteiger partial charge in [0.15, 0.2) is 0 Å². The number of alkyl halides is 3. The smallest absolute Gasteiger partial charge is 0.421 e. The van der Waals surface area contributed by atoms with Crippen molar-refractivity contribution in [2.45, 2.75) is 58.5 Å². The number of rotatable bonds is 12. The second-order valence-electron chi connectivity index (χ2n) is 8.08.